The lowest BCUT2D eigenvalue weighted by molar-refractivity contribution is -0.121. The summed E-state index contributed by atoms with van der Waals surface area (Å²) in [7, 11) is 3.26. The predicted molar refractivity (Wildman–Crippen MR) is 144 cm³/mol. The van der Waals surface area contributed by atoms with E-state index < -0.39 is 11.9 Å². The normalized spacial score (nSPS) is 18.7. The SMILES string of the molecule is COCCOc1ccc(C(N)C(N)=O)cc1.COCCOc1ccc(C2NC3(CCCCC3)NC2=O)cc1. The van der Waals surface area contributed by atoms with Crippen LogP contribution < -0.4 is 31.6 Å². The topological polar surface area (TPSA) is 147 Å². The van der Waals surface area contributed by atoms with Crippen molar-refractivity contribution in [3.05, 3.63) is 59.7 Å². The summed E-state index contributed by atoms with van der Waals surface area (Å²) >= 11 is 0. The number of nitrogens with one attached hydrogen (secondary N) is 2. The van der Waals surface area contributed by atoms with Gasteiger partial charge in [0.15, 0.2) is 0 Å². The van der Waals surface area contributed by atoms with E-state index in [0.29, 0.717) is 37.7 Å². The average Bonchev–Trinajstić information content (AvgIpc) is 3.25. The van der Waals surface area contributed by atoms with Crippen LogP contribution in [0.1, 0.15) is 55.3 Å². The van der Waals surface area contributed by atoms with Crippen LogP contribution in [0, 0.1) is 0 Å². The van der Waals surface area contributed by atoms with E-state index in [2.05, 4.69) is 10.6 Å². The van der Waals surface area contributed by atoms with Crippen molar-refractivity contribution < 1.29 is 28.5 Å². The van der Waals surface area contributed by atoms with Crippen LogP contribution in [0.15, 0.2) is 48.5 Å². The largest absolute Gasteiger partial charge is 0.491 e. The molecule has 4 rings (SSSR count). The second-order valence-electron chi connectivity index (χ2n) is 9.41. The molecule has 1 aliphatic heterocycles. The van der Waals surface area contributed by atoms with E-state index in [9.17, 15) is 9.59 Å². The van der Waals surface area contributed by atoms with E-state index in [1.54, 1.807) is 38.5 Å². The Morgan fingerprint density at radius 1 is 0.895 bits per heavy atom. The molecule has 2 fully saturated rings. The molecule has 2 atom stereocenters. The Kier molecular flexibility index (Phi) is 11.3. The first-order valence-electron chi connectivity index (χ1n) is 13.0. The molecular formula is C28H40N4O6. The second-order valence-corrected chi connectivity index (χ2v) is 9.41. The summed E-state index contributed by atoms with van der Waals surface area (Å²) in [5, 5.41) is 6.70. The highest BCUT2D eigenvalue weighted by molar-refractivity contribution is 5.86. The minimum atomic E-state index is -0.770. The number of amides is 2. The van der Waals surface area contributed by atoms with Crippen LogP contribution in [0.25, 0.3) is 0 Å². The van der Waals surface area contributed by atoms with Crippen molar-refractivity contribution in [3.8, 4) is 11.5 Å². The van der Waals surface area contributed by atoms with Crippen molar-refractivity contribution in [2.24, 2.45) is 11.5 Å². The zero-order valence-electron chi connectivity index (χ0n) is 22.2. The van der Waals surface area contributed by atoms with Crippen molar-refractivity contribution in [2.75, 3.05) is 40.6 Å². The third-order valence-corrected chi connectivity index (χ3v) is 6.62. The van der Waals surface area contributed by atoms with E-state index >= 15 is 0 Å². The lowest BCUT2D eigenvalue weighted by Crippen LogP contribution is -2.51. The van der Waals surface area contributed by atoms with Crippen molar-refractivity contribution >= 4 is 11.8 Å². The number of primary amides is 1. The van der Waals surface area contributed by atoms with Crippen LogP contribution in [0.2, 0.25) is 0 Å². The van der Waals surface area contributed by atoms with Gasteiger partial charge in [0.25, 0.3) is 0 Å². The first-order valence-corrected chi connectivity index (χ1v) is 13.0. The van der Waals surface area contributed by atoms with Gasteiger partial charge in [-0.1, -0.05) is 30.7 Å². The molecule has 38 heavy (non-hydrogen) atoms. The van der Waals surface area contributed by atoms with Crippen LogP contribution in [-0.2, 0) is 19.1 Å². The highest BCUT2D eigenvalue weighted by Gasteiger charge is 2.44. The summed E-state index contributed by atoms with van der Waals surface area (Å²) in [6.45, 7) is 2.11. The van der Waals surface area contributed by atoms with Gasteiger partial charge in [-0.05, 0) is 61.1 Å². The van der Waals surface area contributed by atoms with E-state index in [4.69, 9.17) is 30.4 Å². The summed E-state index contributed by atoms with van der Waals surface area (Å²) in [6, 6.07) is 13.6. The molecule has 2 unspecified atom stereocenters. The predicted octanol–water partition coefficient (Wildman–Crippen LogP) is 2.33. The monoisotopic (exact) mass is 528 g/mol. The quantitative estimate of drug-likeness (QED) is 0.325. The van der Waals surface area contributed by atoms with E-state index in [-0.39, 0.29) is 17.6 Å². The number of hydrogen-bond donors (Lipinski definition) is 4. The highest BCUT2D eigenvalue weighted by atomic mass is 16.5. The molecule has 6 N–H and O–H groups in total. The Bertz CT molecular complexity index is 1010. The summed E-state index contributed by atoms with van der Waals surface area (Å²) in [5.41, 5.74) is 12.1. The van der Waals surface area contributed by atoms with Gasteiger partial charge in [-0.2, -0.15) is 0 Å². The van der Waals surface area contributed by atoms with Crippen LogP contribution in [0.4, 0.5) is 0 Å². The smallest absolute Gasteiger partial charge is 0.243 e. The zero-order chi connectivity index (χ0) is 27.4. The molecule has 0 bridgehead atoms. The maximum absolute atomic E-state index is 12.3. The van der Waals surface area contributed by atoms with Crippen LogP contribution in [0.3, 0.4) is 0 Å². The van der Waals surface area contributed by atoms with Gasteiger partial charge in [-0.15, -0.1) is 0 Å². The number of rotatable bonds is 11. The maximum atomic E-state index is 12.3. The molecule has 1 saturated heterocycles. The van der Waals surface area contributed by atoms with Crippen molar-refractivity contribution in [1.29, 1.82) is 0 Å². The number of nitrogens with two attached hydrogens (primary N) is 2. The first kappa shape index (κ1) is 29.4. The first-order chi connectivity index (χ1) is 18.4. The van der Waals surface area contributed by atoms with Crippen LogP contribution in [0.5, 0.6) is 11.5 Å². The van der Waals surface area contributed by atoms with Gasteiger partial charge in [0.2, 0.25) is 11.8 Å². The Labute approximate surface area is 224 Å². The van der Waals surface area contributed by atoms with E-state index in [0.717, 1.165) is 24.2 Å². The fraction of sp³-hybridized carbons (Fsp3) is 0.500. The molecule has 1 spiro atoms. The standard InChI is InChI=1S/C17H24N2O3.C11H16N2O3/c1-21-11-12-22-14-7-5-13(6-8-14)15-16(20)19-17(18-15)9-3-2-4-10-17;1-15-6-7-16-9-4-2-8(3-5-9)10(12)11(13)14/h5-8,15,18H,2-4,9-12H2,1H3,(H,19,20);2-5,10H,6-7,12H2,1H3,(H2,13,14). The van der Waals surface area contributed by atoms with Crippen LogP contribution in [-0.4, -0.2) is 58.1 Å². The summed E-state index contributed by atoms with van der Waals surface area (Å²) in [6.07, 6.45) is 5.65. The minimum Gasteiger partial charge on any atom is -0.491 e. The number of ether oxygens (including phenoxy) is 4. The van der Waals surface area contributed by atoms with Gasteiger partial charge in [0.1, 0.15) is 36.8 Å². The molecule has 0 radical (unpaired) electrons. The minimum absolute atomic E-state index is 0.0787. The molecule has 2 aromatic carbocycles. The molecule has 208 valence electrons. The van der Waals surface area contributed by atoms with Gasteiger partial charge in [0.05, 0.1) is 18.9 Å². The molecule has 1 aliphatic carbocycles. The molecule has 2 aromatic rings. The summed E-state index contributed by atoms with van der Waals surface area (Å²) in [4.78, 5) is 23.2. The van der Waals surface area contributed by atoms with E-state index in [1.165, 1.54) is 19.3 Å². The lowest BCUT2D eigenvalue weighted by Gasteiger charge is -2.33. The van der Waals surface area contributed by atoms with Gasteiger partial charge in [-0.3, -0.25) is 14.9 Å². The van der Waals surface area contributed by atoms with Crippen LogP contribution >= 0.6 is 0 Å². The number of hydrogen-bond acceptors (Lipinski definition) is 8. The highest BCUT2D eigenvalue weighted by Crippen LogP contribution is 2.33. The Morgan fingerprint density at radius 3 is 1.92 bits per heavy atom. The zero-order valence-corrected chi connectivity index (χ0v) is 22.2. The summed E-state index contributed by atoms with van der Waals surface area (Å²) in [5.74, 6) is 1.03. The molecule has 0 aromatic heterocycles. The number of benzene rings is 2. The molecule has 1 heterocycles. The van der Waals surface area contributed by atoms with E-state index in [1.807, 2.05) is 24.3 Å². The third-order valence-electron chi connectivity index (χ3n) is 6.62. The lowest BCUT2D eigenvalue weighted by atomic mass is 9.89. The molecule has 2 aliphatic rings. The molecule has 1 saturated carbocycles. The third kappa shape index (κ3) is 8.42. The fourth-order valence-electron chi connectivity index (χ4n) is 4.52. The van der Waals surface area contributed by atoms with Crippen molar-refractivity contribution in [1.82, 2.24) is 10.6 Å². The van der Waals surface area contributed by atoms with Gasteiger partial charge < -0.3 is 35.7 Å². The van der Waals surface area contributed by atoms with Crippen molar-refractivity contribution in [2.45, 2.75) is 49.9 Å². The summed E-state index contributed by atoms with van der Waals surface area (Å²) < 4.78 is 20.7. The average molecular weight is 529 g/mol. The fourth-order valence-corrected chi connectivity index (χ4v) is 4.52. The number of carbonyl (C=O) groups excluding carboxylic acids is 2. The number of carbonyl (C=O) groups is 2. The van der Waals surface area contributed by atoms with Gasteiger partial charge in [0, 0.05) is 14.2 Å². The van der Waals surface area contributed by atoms with Gasteiger partial charge in [-0.25, -0.2) is 0 Å². The Hall–Kier alpha value is -3.18. The maximum Gasteiger partial charge on any atom is 0.243 e. The Balaban J connectivity index is 0.000000223. The molecular weight excluding hydrogens is 488 g/mol. The molecule has 10 nitrogen and oxygen atoms in total. The molecule has 2 amide bonds. The van der Waals surface area contributed by atoms with Gasteiger partial charge >= 0.3 is 0 Å². The molecule has 10 heteroatoms. The van der Waals surface area contributed by atoms with Crippen molar-refractivity contribution in [3.63, 3.8) is 0 Å². The number of methoxy groups -OCH3 is 2. The second kappa shape index (κ2) is 14.7. The Morgan fingerprint density at radius 2 is 1.42 bits per heavy atom.